The van der Waals surface area contributed by atoms with Crippen LogP contribution in [0.5, 0.6) is 0 Å². The monoisotopic (exact) mass is 268 g/mol. The summed E-state index contributed by atoms with van der Waals surface area (Å²) in [4.78, 5) is 1.30. The lowest BCUT2D eigenvalue weighted by Gasteiger charge is -2.38. The fourth-order valence-corrected chi connectivity index (χ4v) is 8.12. The van der Waals surface area contributed by atoms with Crippen molar-refractivity contribution in [1.29, 1.82) is 0 Å². The molecular weight excluding hydrogens is 240 g/mol. The van der Waals surface area contributed by atoms with Gasteiger partial charge in [0.2, 0.25) is 0 Å². The molecule has 0 aliphatic rings. The first kappa shape index (κ1) is 16.9. The van der Waals surface area contributed by atoms with Gasteiger partial charge in [-0.2, -0.15) is 0 Å². The van der Waals surface area contributed by atoms with Gasteiger partial charge in [0.15, 0.2) is 0 Å². The van der Waals surface area contributed by atoms with Gasteiger partial charge in [0, 0.05) is 0 Å². The van der Waals surface area contributed by atoms with Crippen LogP contribution in [0.1, 0.15) is 48.5 Å². The number of hydrogen-bond donors (Lipinski definition) is 0. The van der Waals surface area contributed by atoms with Crippen molar-refractivity contribution in [1.82, 2.24) is 0 Å². The molecule has 0 aliphatic heterocycles. The molecule has 98 valence electrons. The van der Waals surface area contributed by atoms with Gasteiger partial charge in [0.25, 0.3) is 0 Å². The second kappa shape index (κ2) is 7.33. The highest BCUT2D eigenvalue weighted by Crippen LogP contribution is 2.40. The van der Waals surface area contributed by atoms with Crippen LogP contribution in [0, 0.1) is 11.5 Å². The molecule has 0 N–H and O–H groups in total. The second-order valence-corrected chi connectivity index (χ2v) is 12.3. The molecule has 0 spiro atoms. The number of rotatable bonds is 4. The zero-order valence-corrected chi connectivity index (χ0v) is 14.5. The molecule has 0 fully saturated rings. The minimum Gasteiger partial charge on any atom is -0.134 e. The van der Waals surface area contributed by atoms with Crippen molar-refractivity contribution in [3.05, 3.63) is 11.0 Å². The van der Waals surface area contributed by atoms with Crippen LogP contribution in [0.25, 0.3) is 0 Å². The fourth-order valence-electron chi connectivity index (χ4n) is 2.75. The maximum absolute atomic E-state index is 3.70. The Hall–Kier alpha value is -0.133. The normalized spacial score (nSPS) is 13.2. The minimum atomic E-state index is -1.52. The summed E-state index contributed by atoms with van der Waals surface area (Å²) >= 11 is 1.77. The Morgan fingerprint density at radius 2 is 1.41 bits per heavy atom. The third-order valence-electron chi connectivity index (χ3n) is 3.75. The van der Waals surface area contributed by atoms with Gasteiger partial charge in [-0.05, 0) is 40.8 Å². The van der Waals surface area contributed by atoms with E-state index in [4.69, 9.17) is 0 Å². The Morgan fingerprint density at radius 3 is 1.71 bits per heavy atom. The summed E-state index contributed by atoms with van der Waals surface area (Å²) < 4.78 is 0. The highest BCUT2D eigenvalue weighted by Gasteiger charge is 2.41. The smallest absolute Gasteiger partial charge is 0.134 e. The van der Waals surface area contributed by atoms with Crippen LogP contribution in [0.3, 0.4) is 0 Å². The van der Waals surface area contributed by atoms with Gasteiger partial charge in [-0.3, -0.25) is 0 Å². The minimum absolute atomic E-state index is 0.720. The molecule has 0 aromatic heterocycles. The highest BCUT2D eigenvalue weighted by atomic mass is 32.2. The van der Waals surface area contributed by atoms with E-state index in [-0.39, 0.29) is 0 Å². The Bertz CT molecular complexity index is 294. The van der Waals surface area contributed by atoms with Crippen LogP contribution < -0.4 is 0 Å². The number of hydrogen-bond acceptors (Lipinski definition) is 1. The quantitative estimate of drug-likeness (QED) is 0.481. The molecule has 0 bridgehead atoms. The predicted molar refractivity (Wildman–Crippen MR) is 86.1 cm³/mol. The lowest BCUT2D eigenvalue weighted by atomic mass is 10.5. The van der Waals surface area contributed by atoms with Gasteiger partial charge in [-0.15, -0.1) is 17.3 Å². The zero-order valence-electron chi connectivity index (χ0n) is 12.7. The van der Waals surface area contributed by atoms with Gasteiger partial charge in [0.05, 0.1) is 0 Å². The SMILES string of the molecule is CS/C(C)=C\C#C[Si](C(C)C)(C(C)C)C(C)C. The molecule has 0 atom stereocenters. The molecule has 17 heavy (non-hydrogen) atoms. The standard InChI is InChI=1S/C15H28SSi/c1-12(2)17(13(3)4,14(5)6)11-9-10-15(7)16-8/h10,12-14H,1-8H3/b15-10-. The Labute approximate surface area is 114 Å². The highest BCUT2D eigenvalue weighted by molar-refractivity contribution is 8.02. The van der Waals surface area contributed by atoms with Crippen molar-refractivity contribution >= 4 is 19.8 Å². The topological polar surface area (TPSA) is 0 Å². The van der Waals surface area contributed by atoms with E-state index in [0.29, 0.717) is 0 Å². The summed E-state index contributed by atoms with van der Waals surface area (Å²) in [7, 11) is -1.52. The van der Waals surface area contributed by atoms with E-state index in [0.717, 1.165) is 16.6 Å². The van der Waals surface area contributed by atoms with Gasteiger partial charge in [0.1, 0.15) is 8.07 Å². The fraction of sp³-hybridized carbons (Fsp3) is 0.733. The molecule has 0 unspecified atom stereocenters. The lowest BCUT2D eigenvalue weighted by Crippen LogP contribution is -2.43. The second-order valence-electron chi connectivity index (χ2n) is 5.63. The predicted octanol–water partition coefficient (Wildman–Crippen LogP) is 5.47. The molecule has 0 saturated heterocycles. The molecule has 0 rings (SSSR count). The summed E-state index contributed by atoms with van der Waals surface area (Å²) in [6.07, 6.45) is 4.19. The van der Waals surface area contributed by atoms with Crippen LogP contribution in [0.15, 0.2) is 11.0 Å². The molecule has 2 heteroatoms. The van der Waals surface area contributed by atoms with Gasteiger partial charge >= 0.3 is 0 Å². The first-order valence-corrected chi connectivity index (χ1v) is 9.98. The van der Waals surface area contributed by atoms with Crippen LogP contribution in [-0.2, 0) is 0 Å². The molecule has 0 nitrogen and oxygen atoms in total. The molecule has 0 saturated carbocycles. The third-order valence-corrected chi connectivity index (χ3v) is 10.8. The van der Waals surface area contributed by atoms with E-state index < -0.39 is 8.07 Å². The summed E-state index contributed by atoms with van der Waals surface area (Å²) in [5.41, 5.74) is 5.86. The molecule has 0 aliphatic carbocycles. The van der Waals surface area contributed by atoms with Gasteiger partial charge < -0.3 is 0 Å². The summed E-state index contributed by atoms with van der Waals surface area (Å²) in [6.45, 7) is 16.2. The van der Waals surface area contributed by atoms with Crippen molar-refractivity contribution in [2.45, 2.75) is 65.1 Å². The van der Waals surface area contributed by atoms with E-state index in [9.17, 15) is 0 Å². The summed E-state index contributed by atoms with van der Waals surface area (Å²) in [5.74, 6) is 3.35. The molecule has 0 aromatic carbocycles. The number of thioether (sulfide) groups is 1. The summed E-state index contributed by atoms with van der Waals surface area (Å²) in [6, 6.07) is 0. The van der Waals surface area contributed by atoms with Gasteiger partial charge in [-0.1, -0.05) is 47.5 Å². The maximum Gasteiger partial charge on any atom is 0.146 e. The Morgan fingerprint density at radius 1 is 1.00 bits per heavy atom. The van der Waals surface area contributed by atoms with Crippen LogP contribution >= 0.6 is 11.8 Å². The average Bonchev–Trinajstić information content (AvgIpc) is 2.22. The van der Waals surface area contributed by atoms with E-state index >= 15 is 0 Å². The molecule has 0 heterocycles. The first-order valence-electron chi connectivity index (χ1n) is 6.52. The number of allylic oxidation sites excluding steroid dienone is 2. The van der Waals surface area contributed by atoms with E-state index in [1.807, 2.05) is 0 Å². The first-order chi connectivity index (χ1) is 7.78. The molecule has 0 aromatic rings. The molecule has 0 radical (unpaired) electrons. The van der Waals surface area contributed by atoms with Crippen LogP contribution in [0.2, 0.25) is 16.6 Å². The third kappa shape index (κ3) is 4.23. The van der Waals surface area contributed by atoms with Crippen LogP contribution in [-0.4, -0.2) is 14.3 Å². The van der Waals surface area contributed by atoms with Gasteiger partial charge in [-0.25, -0.2) is 0 Å². The maximum atomic E-state index is 3.70. The van der Waals surface area contributed by atoms with Crippen molar-refractivity contribution in [2.75, 3.05) is 6.26 Å². The van der Waals surface area contributed by atoms with E-state index in [2.05, 4.69) is 72.3 Å². The largest absolute Gasteiger partial charge is 0.146 e. The van der Waals surface area contributed by atoms with E-state index in [1.54, 1.807) is 11.8 Å². The zero-order chi connectivity index (χ0) is 13.6. The van der Waals surface area contributed by atoms with Crippen molar-refractivity contribution in [3.63, 3.8) is 0 Å². The average molecular weight is 269 g/mol. The van der Waals surface area contributed by atoms with Crippen molar-refractivity contribution in [2.24, 2.45) is 0 Å². The Balaban J connectivity index is 5.34. The molecule has 0 amide bonds. The lowest BCUT2D eigenvalue weighted by molar-refractivity contribution is 0.838. The summed E-state index contributed by atoms with van der Waals surface area (Å²) in [5, 5.41) is 0. The van der Waals surface area contributed by atoms with Crippen molar-refractivity contribution in [3.8, 4) is 11.5 Å². The molecular formula is C15H28SSi. The van der Waals surface area contributed by atoms with Crippen molar-refractivity contribution < 1.29 is 0 Å². The van der Waals surface area contributed by atoms with Crippen LogP contribution in [0.4, 0.5) is 0 Å². The Kier molecular flexibility index (Phi) is 7.28. The van der Waals surface area contributed by atoms with E-state index in [1.165, 1.54) is 4.91 Å².